The lowest BCUT2D eigenvalue weighted by Crippen LogP contribution is -2.16. The third-order valence-electron chi connectivity index (χ3n) is 5.90. The molecule has 1 aromatic heterocycles. The quantitative estimate of drug-likeness (QED) is 0.394. The van der Waals surface area contributed by atoms with E-state index in [1.807, 2.05) is 0 Å². The van der Waals surface area contributed by atoms with Crippen LogP contribution >= 0.6 is 11.7 Å². The molecule has 160 valence electrons. The first kappa shape index (κ1) is 21.2. The fourth-order valence-electron chi connectivity index (χ4n) is 4.27. The van der Waals surface area contributed by atoms with Gasteiger partial charge in [0.25, 0.3) is 0 Å². The van der Waals surface area contributed by atoms with Crippen LogP contribution in [0.1, 0.15) is 54.4 Å². The number of methoxy groups -OCH3 is 1. The van der Waals surface area contributed by atoms with Gasteiger partial charge in [0.05, 0.1) is 24.4 Å². The maximum absolute atomic E-state index is 13.6. The van der Waals surface area contributed by atoms with Gasteiger partial charge in [-0.25, -0.2) is 4.79 Å². The monoisotopic (exact) mass is 436 g/mol. The van der Waals surface area contributed by atoms with E-state index >= 15 is 0 Å². The van der Waals surface area contributed by atoms with Crippen molar-refractivity contribution in [2.24, 2.45) is 5.92 Å². The van der Waals surface area contributed by atoms with Crippen LogP contribution in [0.5, 0.6) is 5.75 Å². The molecule has 6 nitrogen and oxygen atoms in total. The molecule has 0 saturated heterocycles. The lowest BCUT2D eigenvalue weighted by Gasteiger charge is -2.23. The zero-order valence-electron chi connectivity index (χ0n) is 17.3. The molecule has 1 aliphatic carbocycles. The first-order valence-corrected chi connectivity index (χ1v) is 11.2. The first-order valence-electron chi connectivity index (χ1n) is 10.4. The van der Waals surface area contributed by atoms with Gasteiger partial charge in [-0.3, -0.25) is 4.79 Å². The Kier molecular flexibility index (Phi) is 6.42. The number of ether oxygens (including phenoxy) is 1. The average molecular weight is 437 g/mol. The number of fused-ring (bicyclic) bond motifs is 1. The molecule has 0 aliphatic heterocycles. The topological polar surface area (TPSA) is 89.4 Å². The van der Waals surface area contributed by atoms with Crippen LogP contribution in [0.15, 0.2) is 48.0 Å². The number of aliphatic carboxylic acids is 1. The molecule has 0 atom stereocenters. The Morgan fingerprint density at radius 2 is 1.68 bits per heavy atom. The predicted molar refractivity (Wildman–Crippen MR) is 120 cm³/mol. The summed E-state index contributed by atoms with van der Waals surface area (Å²) in [6.45, 7) is 0. The van der Waals surface area contributed by atoms with E-state index in [0.29, 0.717) is 45.8 Å². The molecule has 0 bridgehead atoms. The average Bonchev–Trinajstić information content (AvgIpc) is 3.27. The Labute approximate surface area is 184 Å². The number of rotatable bonds is 7. The van der Waals surface area contributed by atoms with Crippen LogP contribution in [-0.2, 0) is 4.79 Å². The van der Waals surface area contributed by atoms with Gasteiger partial charge >= 0.3 is 5.97 Å². The van der Waals surface area contributed by atoms with Crippen molar-refractivity contribution in [3.05, 3.63) is 59.2 Å². The van der Waals surface area contributed by atoms with Crippen LogP contribution in [0.2, 0.25) is 0 Å². The largest absolute Gasteiger partial charge is 0.497 e. The summed E-state index contributed by atoms with van der Waals surface area (Å²) in [6.07, 6.45) is 5.92. The number of carboxylic acid groups (broad SMARTS) is 1. The number of carbonyl (C=O) groups is 2. The molecule has 1 heterocycles. The fourth-order valence-corrected chi connectivity index (χ4v) is 4.79. The van der Waals surface area contributed by atoms with Gasteiger partial charge in [-0.2, -0.15) is 8.75 Å². The Hall–Kier alpha value is -3.06. The van der Waals surface area contributed by atoms with Crippen LogP contribution in [0.25, 0.3) is 16.6 Å². The fraction of sp³-hybridized carbons (Fsp3) is 0.333. The van der Waals surface area contributed by atoms with E-state index in [0.717, 1.165) is 37.4 Å². The number of Topliss-reactive ketones (excluding diaryl/α,β-unsaturated/α-hetero) is 1. The van der Waals surface area contributed by atoms with E-state index in [1.54, 1.807) is 49.6 Å². The normalized spacial score (nSPS) is 15.5. The smallest absolute Gasteiger partial charge is 0.336 e. The maximum Gasteiger partial charge on any atom is 0.336 e. The molecule has 7 heteroatoms. The van der Waals surface area contributed by atoms with Crippen molar-refractivity contribution >= 4 is 40.1 Å². The van der Waals surface area contributed by atoms with Gasteiger partial charge in [-0.1, -0.05) is 38.2 Å². The SMILES string of the molecule is COc1ccc(C(=O)/C(CC2CCCCC2)=C(/C(=O)O)c2ccc3nsnc3c2)cc1. The minimum absolute atomic E-state index is 0.0568. The molecule has 31 heavy (non-hydrogen) atoms. The molecule has 0 amide bonds. The van der Waals surface area contributed by atoms with Gasteiger partial charge in [-0.15, -0.1) is 0 Å². The van der Waals surface area contributed by atoms with Gasteiger partial charge in [0.15, 0.2) is 5.78 Å². The van der Waals surface area contributed by atoms with Crippen molar-refractivity contribution in [3.63, 3.8) is 0 Å². The highest BCUT2D eigenvalue weighted by atomic mass is 32.1. The summed E-state index contributed by atoms with van der Waals surface area (Å²) in [5.41, 5.74) is 2.71. The summed E-state index contributed by atoms with van der Waals surface area (Å²) in [5, 5.41) is 10.2. The number of nitrogens with zero attached hydrogens (tertiary/aromatic N) is 2. The molecule has 1 N–H and O–H groups in total. The lowest BCUT2D eigenvalue weighted by molar-refractivity contribution is -0.130. The lowest BCUT2D eigenvalue weighted by atomic mass is 9.81. The molecule has 2 aromatic carbocycles. The van der Waals surface area contributed by atoms with Crippen molar-refractivity contribution in [1.82, 2.24) is 8.75 Å². The minimum atomic E-state index is -1.10. The van der Waals surface area contributed by atoms with Gasteiger partial charge in [-0.05, 0) is 54.3 Å². The second-order valence-electron chi connectivity index (χ2n) is 7.89. The first-order chi connectivity index (χ1) is 15.1. The highest BCUT2D eigenvalue weighted by molar-refractivity contribution is 7.00. The summed E-state index contributed by atoms with van der Waals surface area (Å²) in [5.74, 6) is -0.392. The van der Waals surface area contributed by atoms with E-state index in [4.69, 9.17) is 4.74 Å². The van der Waals surface area contributed by atoms with Crippen LogP contribution in [0, 0.1) is 5.92 Å². The molecule has 1 fully saturated rings. The Bertz CT molecular complexity index is 1130. The van der Waals surface area contributed by atoms with Crippen molar-refractivity contribution in [1.29, 1.82) is 0 Å². The highest BCUT2D eigenvalue weighted by Crippen LogP contribution is 2.34. The van der Waals surface area contributed by atoms with Crippen molar-refractivity contribution < 1.29 is 19.4 Å². The highest BCUT2D eigenvalue weighted by Gasteiger charge is 2.27. The standard InChI is InChI=1S/C24H24N2O4S/c1-30-18-10-7-16(8-11-18)23(27)19(13-15-5-3-2-4-6-15)22(24(28)29)17-9-12-20-21(14-17)26-31-25-20/h7-12,14-15H,2-6,13H2,1H3,(H,28,29)/b22-19+. The van der Waals surface area contributed by atoms with Crippen LogP contribution in [0.4, 0.5) is 0 Å². The van der Waals surface area contributed by atoms with Crippen LogP contribution in [0.3, 0.4) is 0 Å². The third kappa shape index (κ3) is 4.66. The van der Waals surface area contributed by atoms with E-state index in [-0.39, 0.29) is 11.4 Å². The van der Waals surface area contributed by atoms with E-state index in [9.17, 15) is 14.7 Å². The number of aromatic nitrogens is 2. The van der Waals surface area contributed by atoms with Gasteiger partial charge in [0.2, 0.25) is 0 Å². The molecular weight excluding hydrogens is 412 g/mol. The Morgan fingerprint density at radius 1 is 1.00 bits per heavy atom. The van der Waals surface area contributed by atoms with Crippen molar-refractivity contribution in [3.8, 4) is 5.75 Å². The van der Waals surface area contributed by atoms with Gasteiger partial charge < -0.3 is 9.84 Å². The molecule has 0 unspecified atom stereocenters. The zero-order valence-corrected chi connectivity index (χ0v) is 18.2. The number of hydrogen-bond donors (Lipinski definition) is 1. The molecular formula is C24H24N2O4S. The molecule has 1 aliphatic rings. The van der Waals surface area contributed by atoms with Crippen molar-refractivity contribution in [2.75, 3.05) is 7.11 Å². The second kappa shape index (κ2) is 9.39. The predicted octanol–water partition coefficient (Wildman–Crippen LogP) is 5.39. The van der Waals surface area contributed by atoms with E-state index in [2.05, 4.69) is 8.75 Å². The second-order valence-corrected chi connectivity index (χ2v) is 8.42. The summed E-state index contributed by atoms with van der Waals surface area (Å²) in [7, 11) is 1.57. The van der Waals surface area contributed by atoms with Crippen LogP contribution in [-0.4, -0.2) is 32.7 Å². The number of hydrogen-bond acceptors (Lipinski definition) is 6. The molecule has 0 spiro atoms. The maximum atomic E-state index is 13.6. The number of benzene rings is 2. The number of ketones is 1. The van der Waals surface area contributed by atoms with E-state index < -0.39 is 5.97 Å². The number of allylic oxidation sites excluding steroid dienone is 1. The molecule has 0 radical (unpaired) electrons. The summed E-state index contributed by atoms with van der Waals surface area (Å²) in [4.78, 5) is 26.0. The Morgan fingerprint density at radius 3 is 2.35 bits per heavy atom. The number of carboxylic acids is 1. The van der Waals surface area contributed by atoms with Gasteiger partial charge in [0, 0.05) is 11.1 Å². The number of carbonyl (C=O) groups excluding carboxylic acids is 1. The van der Waals surface area contributed by atoms with Crippen LogP contribution < -0.4 is 4.74 Å². The minimum Gasteiger partial charge on any atom is -0.497 e. The molecule has 3 aromatic rings. The molecule has 4 rings (SSSR count). The molecule has 1 saturated carbocycles. The van der Waals surface area contributed by atoms with Crippen molar-refractivity contribution in [2.45, 2.75) is 38.5 Å². The third-order valence-corrected chi connectivity index (χ3v) is 6.46. The zero-order chi connectivity index (χ0) is 21.8. The summed E-state index contributed by atoms with van der Waals surface area (Å²) in [6, 6.07) is 12.0. The summed E-state index contributed by atoms with van der Waals surface area (Å²) < 4.78 is 13.6. The van der Waals surface area contributed by atoms with Gasteiger partial charge in [0.1, 0.15) is 16.8 Å². The summed E-state index contributed by atoms with van der Waals surface area (Å²) >= 11 is 1.08. The van der Waals surface area contributed by atoms with E-state index in [1.165, 1.54) is 6.42 Å². The Balaban J connectivity index is 1.82.